The van der Waals surface area contributed by atoms with Gasteiger partial charge in [0.1, 0.15) is 11.2 Å². The van der Waals surface area contributed by atoms with Crippen LogP contribution in [-0.4, -0.2) is 25.1 Å². The van der Waals surface area contributed by atoms with Gasteiger partial charge >= 0.3 is 0 Å². The molecule has 0 unspecified atom stereocenters. The summed E-state index contributed by atoms with van der Waals surface area (Å²) < 4.78 is 2.86. The molecule has 3 aromatic heterocycles. The molecular weight excluding hydrogens is 272 g/mol. The first-order chi connectivity index (χ1) is 9.93. The minimum Gasteiger partial charge on any atom is -0.334 e. The quantitative estimate of drug-likeness (QED) is 0.366. The molecule has 0 aliphatic heterocycles. The van der Waals surface area contributed by atoms with Crippen molar-refractivity contribution in [2.75, 3.05) is 0 Å². The second kappa shape index (κ2) is 4.38. The van der Waals surface area contributed by atoms with E-state index in [1.807, 2.05) is 25.3 Å². The van der Waals surface area contributed by atoms with E-state index in [1.54, 1.807) is 11.6 Å². The second-order valence-corrected chi connectivity index (χ2v) is 4.95. The summed E-state index contributed by atoms with van der Waals surface area (Å²) in [6.07, 6.45) is 1.44. The van der Waals surface area contributed by atoms with Gasteiger partial charge in [-0.1, -0.05) is 0 Å². The molecule has 0 fully saturated rings. The number of carbonyl (C=O) groups is 1. The summed E-state index contributed by atoms with van der Waals surface area (Å²) in [5.74, 6) is 4.44. The molecule has 3 N–H and O–H groups in total. The van der Waals surface area contributed by atoms with Gasteiger partial charge in [-0.15, -0.1) is 5.10 Å². The fraction of sp³-hybridized carbons (Fsp3) is 0.231. The van der Waals surface area contributed by atoms with E-state index in [0.717, 1.165) is 16.6 Å². The van der Waals surface area contributed by atoms with E-state index >= 15 is 0 Å². The number of fused-ring (bicyclic) bond motifs is 3. The van der Waals surface area contributed by atoms with E-state index in [9.17, 15) is 9.59 Å². The molecule has 3 aromatic rings. The molecule has 0 aromatic carbocycles. The molecule has 108 valence electrons. The van der Waals surface area contributed by atoms with Gasteiger partial charge in [0.2, 0.25) is 0 Å². The monoisotopic (exact) mass is 286 g/mol. The van der Waals surface area contributed by atoms with Crippen LogP contribution in [0.3, 0.4) is 0 Å². The van der Waals surface area contributed by atoms with Gasteiger partial charge in [-0.3, -0.25) is 15.0 Å². The lowest BCUT2D eigenvalue weighted by atomic mass is 10.2. The average Bonchev–Trinajstić information content (AvgIpc) is 2.82. The largest absolute Gasteiger partial charge is 0.334 e. The van der Waals surface area contributed by atoms with Crippen molar-refractivity contribution in [3.63, 3.8) is 0 Å². The van der Waals surface area contributed by atoms with E-state index in [0.29, 0.717) is 11.3 Å². The molecule has 1 amide bonds. The summed E-state index contributed by atoms with van der Waals surface area (Å²) in [5.41, 5.74) is 4.22. The molecule has 8 heteroatoms. The van der Waals surface area contributed by atoms with Crippen molar-refractivity contribution in [3.05, 3.63) is 39.4 Å². The van der Waals surface area contributed by atoms with Gasteiger partial charge in [0.15, 0.2) is 5.65 Å². The SMILES string of the molecule is Cc1cc(C)c2c(n1)nn1c(=O)c(C(=O)NN)cn(C)c21. The van der Waals surface area contributed by atoms with E-state index < -0.39 is 11.5 Å². The van der Waals surface area contributed by atoms with Gasteiger partial charge in [0.25, 0.3) is 11.5 Å². The Bertz CT molecular complexity index is 953. The summed E-state index contributed by atoms with van der Waals surface area (Å²) in [6.45, 7) is 3.80. The van der Waals surface area contributed by atoms with Crippen LogP contribution in [0.5, 0.6) is 0 Å². The van der Waals surface area contributed by atoms with Crippen LogP contribution >= 0.6 is 0 Å². The maximum atomic E-state index is 12.4. The molecule has 3 heterocycles. The zero-order chi connectivity index (χ0) is 15.3. The van der Waals surface area contributed by atoms with Crippen LogP contribution in [0.1, 0.15) is 21.6 Å². The van der Waals surface area contributed by atoms with Crippen LogP contribution in [0.15, 0.2) is 17.1 Å². The van der Waals surface area contributed by atoms with Crippen LogP contribution < -0.4 is 16.8 Å². The Kier molecular flexibility index (Phi) is 2.77. The van der Waals surface area contributed by atoms with Crippen molar-refractivity contribution in [1.82, 2.24) is 24.6 Å². The Morgan fingerprint density at radius 2 is 2.10 bits per heavy atom. The molecule has 0 saturated carbocycles. The van der Waals surface area contributed by atoms with Crippen LogP contribution in [0, 0.1) is 13.8 Å². The number of hydrogen-bond donors (Lipinski definition) is 2. The number of rotatable bonds is 1. The Hall–Kier alpha value is -2.74. The normalized spacial score (nSPS) is 11.2. The molecule has 3 rings (SSSR count). The molecule has 0 spiro atoms. The summed E-state index contributed by atoms with van der Waals surface area (Å²) in [4.78, 5) is 28.4. The zero-order valence-electron chi connectivity index (χ0n) is 11.8. The summed E-state index contributed by atoms with van der Waals surface area (Å²) >= 11 is 0. The predicted octanol–water partition coefficient (Wildman–Crippen LogP) is -0.198. The topological polar surface area (TPSA) is 107 Å². The number of nitrogen functional groups attached to an aromatic ring is 1. The molecule has 0 radical (unpaired) electrons. The van der Waals surface area contributed by atoms with Crippen LogP contribution in [0.4, 0.5) is 0 Å². The number of carbonyl (C=O) groups excluding carboxylic acids is 1. The van der Waals surface area contributed by atoms with E-state index in [2.05, 4.69) is 10.1 Å². The maximum absolute atomic E-state index is 12.4. The highest BCUT2D eigenvalue weighted by molar-refractivity contribution is 5.96. The van der Waals surface area contributed by atoms with Crippen LogP contribution in [0.2, 0.25) is 0 Å². The van der Waals surface area contributed by atoms with Crippen molar-refractivity contribution in [2.24, 2.45) is 12.9 Å². The molecule has 0 aliphatic carbocycles. The highest BCUT2D eigenvalue weighted by Crippen LogP contribution is 2.21. The lowest BCUT2D eigenvalue weighted by Crippen LogP contribution is -2.36. The number of nitrogens with two attached hydrogens (primary N) is 1. The first-order valence-electron chi connectivity index (χ1n) is 6.31. The van der Waals surface area contributed by atoms with Gasteiger partial charge in [-0.25, -0.2) is 10.8 Å². The number of nitrogens with zero attached hydrogens (tertiary/aromatic N) is 4. The predicted molar refractivity (Wildman–Crippen MR) is 76.9 cm³/mol. The Balaban J connectivity index is 2.53. The minimum atomic E-state index is -0.655. The summed E-state index contributed by atoms with van der Waals surface area (Å²) in [7, 11) is 1.74. The van der Waals surface area contributed by atoms with Gasteiger partial charge < -0.3 is 4.57 Å². The number of amides is 1. The molecule has 0 aliphatic rings. The fourth-order valence-electron chi connectivity index (χ4n) is 2.54. The number of hydrazine groups is 1. The summed E-state index contributed by atoms with van der Waals surface area (Å²) in [6, 6.07) is 1.93. The highest BCUT2D eigenvalue weighted by Gasteiger charge is 2.18. The van der Waals surface area contributed by atoms with Crippen molar-refractivity contribution in [2.45, 2.75) is 13.8 Å². The fourth-order valence-corrected chi connectivity index (χ4v) is 2.54. The Labute approximate surface area is 119 Å². The lowest BCUT2D eigenvalue weighted by molar-refractivity contribution is 0.0951. The highest BCUT2D eigenvalue weighted by atomic mass is 16.2. The van der Waals surface area contributed by atoms with Crippen molar-refractivity contribution in [1.29, 1.82) is 0 Å². The third-order valence-electron chi connectivity index (χ3n) is 3.40. The number of pyridine rings is 1. The maximum Gasteiger partial charge on any atom is 0.287 e. The van der Waals surface area contributed by atoms with Crippen molar-refractivity contribution in [3.8, 4) is 0 Å². The van der Waals surface area contributed by atoms with Gasteiger partial charge in [-0.05, 0) is 25.5 Å². The second-order valence-electron chi connectivity index (χ2n) is 4.95. The molecule has 0 saturated heterocycles. The Morgan fingerprint density at radius 1 is 1.38 bits per heavy atom. The van der Waals surface area contributed by atoms with Crippen molar-refractivity contribution < 1.29 is 4.79 Å². The number of aryl methyl sites for hydroxylation is 3. The zero-order valence-corrected chi connectivity index (χ0v) is 11.8. The van der Waals surface area contributed by atoms with Gasteiger partial charge in [0, 0.05) is 18.9 Å². The van der Waals surface area contributed by atoms with Crippen LogP contribution in [0.25, 0.3) is 16.7 Å². The van der Waals surface area contributed by atoms with Crippen molar-refractivity contribution >= 4 is 22.6 Å². The van der Waals surface area contributed by atoms with Crippen LogP contribution in [-0.2, 0) is 7.05 Å². The minimum absolute atomic E-state index is 0.0744. The third-order valence-corrected chi connectivity index (χ3v) is 3.40. The number of aromatic nitrogens is 4. The smallest absolute Gasteiger partial charge is 0.287 e. The number of hydrogen-bond acceptors (Lipinski definition) is 5. The lowest BCUT2D eigenvalue weighted by Gasteiger charge is -2.06. The average molecular weight is 286 g/mol. The van der Waals surface area contributed by atoms with Gasteiger partial charge in [0.05, 0.1) is 5.39 Å². The molecule has 0 bridgehead atoms. The van der Waals surface area contributed by atoms with Gasteiger partial charge in [-0.2, -0.15) is 4.52 Å². The standard InChI is InChI=1S/C13H14N6O2/c1-6-4-7(2)15-10-9(6)12-18(3)5-8(11(20)16-14)13(21)19(12)17-10/h4-5H,14H2,1-3H3,(H,16,20). The Morgan fingerprint density at radius 3 is 2.76 bits per heavy atom. The molecule has 8 nitrogen and oxygen atoms in total. The number of nitrogens with one attached hydrogen (secondary N) is 1. The first-order valence-corrected chi connectivity index (χ1v) is 6.31. The summed E-state index contributed by atoms with van der Waals surface area (Å²) in [5, 5.41) is 5.02. The third kappa shape index (κ3) is 1.80. The molecule has 0 atom stereocenters. The van der Waals surface area contributed by atoms with E-state index in [-0.39, 0.29) is 5.56 Å². The molecular formula is C13H14N6O2. The molecule has 21 heavy (non-hydrogen) atoms. The first kappa shape index (κ1) is 13.3. The van der Waals surface area contributed by atoms with E-state index in [4.69, 9.17) is 5.84 Å². The van der Waals surface area contributed by atoms with E-state index in [1.165, 1.54) is 10.7 Å².